The van der Waals surface area contributed by atoms with Crippen molar-refractivity contribution in [2.75, 3.05) is 0 Å². The van der Waals surface area contributed by atoms with E-state index in [9.17, 15) is 5.26 Å². The highest BCUT2D eigenvalue weighted by molar-refractivity contribution is 5.50. The monoisotopic (exact) mass is 221 g/mol. The number of nitriles is 1. The number of benzene rings is 2. The second-order valence-electron chi connectivity index (χ2n) is 4.09. The van der Waals surface area contributed by atoms with Crippen molar-refractivity contribution in [3.8, 4) is 11.8 Å². The predicted octanol–water partition coefficient (Wildman–Crippen LogP) is 3.23. The van der Waals surface area contributed by atoms with E-state index in [2.05, 4.69) is 6.07 Å². The van der Waals surface area contributed by atoms with Gasteiger partial charge < -0.3 is 4.74 Å². The first-order chi connectivity index (χ1) is 8.40. The first-order valence-electron chi connectivity index (χ1n) is 5.59. The minimum absolute atomic E-state index is 0.232. The Balaban J connectivity index is 2.23. The third-order valence-corrected chi connectivity index (χ3v) is 3.11. The molecule has 0 saturated heterocycles. The fourth-order valence-corrected chi connectivity index (χ4v) is 2.26. The van der Waals surface area contributed by atoms with Gasteiger partial charge in [-0.1, -0.05) is 42.5 Å². The molecule has 2 heteroatoms. The van der Waals surface area contributed by atoms with Crippen molar-refractivity contribution in [1.29, 1.82) is 5.26 Å². The summed E-state index contributed by atoms with van der Waals surface area (Å²) < 4.78 is 5.76. The van der Waals surface area contributed by atoms with Gasteiger partial charge in [0.2, 0.25) is 0 Å². The van der Waals surface area contributed by atoms with Gasteiger partial charge in [-0.05, 0) is 17.2 Å². The number of hydrogen-bond donors (Lipinski definition) is 0. The van der Waals surface area contributed by atoms with E-state index in [1.165, 1.54) is 0 Å². The second-order valence-corrected chi connectivity index (χ2v) is 4.09. The third-order valence-electron chi connectivity index (χ3n) is 3.11. The fourth-order valence-electron chi connectivity index (χ4n) is 2.26. The van der Waals surface area contributed by atoms with E-state index < -0.39 is 0 Å². The predicted molar refractivity (Wildman–Crippen MR) is 64.7 cm³/mol. The molecule has 2 nitrogen and oxygen atoms in total. The molecule has 0 unspecified atom stereocenters. The summed E-state index contributed by atoms with van der Waals surface area (Å²) in [4.78, 5) is 0. The molecule has 0 N–H and O–H groups in total. The molecule has 1 atom stereocenters. The molecule has 3 rings (SSSR count). The lowest BCUT2D eigenvalue weighted by molar-refractivity contribution is 0.307. The quantitative estimate of drug-likeness (QED) is 0.684. The average molecular weight is 221 g/mol. The molecule has 0 aliphatic carbocycles. The van der Waals surface area contributed by atoms with Gasteiger partial charge in [0.15, 0.2) is 0 Å². The standard InChI is InChI=1S/C15H11NO/c16-9-14-12-6-2-1-5-11(12)10-17-15-8-4-3-7-13(14)15/h1-8,14H,10H2/t14-/m1/s1. The van der Waals surface area contributed by atoms with Crippen LogP contribution in [0.1, 0.15) is 22.6 Å². The van der Waals surface area contributed by atoms with Crippen molar-refractivity contribution in [3.05, 3.63) is 65.2 Å². The number of nitrogens with zero attached hydrogens (tertiary/aromatic N) is 1. The van der Waals surface area contributed by atoms with Crippen LogP contribution in [0.2, 0.25) is 0 Å². The third kappa shape index (κ3) is 1.57. The van der Waals surface area contributed by atoms with Gasteiger partial charge in [0.05, 0.1) is 6.07 Å². The second kappa shape index (κ2) is 3.95. The molecule has 2 aromatic rings. The first kappa shape index (κ1) is 9.92. The van der Waals surface area contributed by atoms with Gasteiger partial charge >= 0.3 is 0 Å². The zero-order valence-corrected chi connectivity index (χ0v) is 9.26. The summed E-state index contributed by atoms with van der Waals surface area (Å²) in [6, 6.07) is 18.1. The number of fused-ring (bicyclic) bond motifs is 2. The Labute approximate surface area is 100 Å². The number of hydrogen-bond acceptors (Lipinski definition) is 2. The zero-order chi connectivity index (χ0) is 11.7. The lowest BCUT2D eigenvalue weighted by atomic mass is 9.90. The summed E-state index contributed by atoms with van der Waals surface area (Å²) in [5.74, 6) is 0.583. The molecular formula is C15H11NO. The molecule has 0 spiro atoms. The Bertz CT molecular complexity index is 550. The summed E-state index contributed by atoms with van der Waals surface area (Å²) in [6.45, 7) is 0.533. The van der Waals surface area contributed by atoms with E-state index >= 15 is 0 Å². The SMILES string of the molecule is N#C[C@@H]1c2ccccc2COc2ccccc21. The van der Waals surface area contributed by atoms with Crippen LogP contribution in [-0.2, 0) is 6.61 Å². The average Bonchev–Trinajstić information content (AvgIpc) is 2.55. The minimum Gasteiger partial charge on any atom is -0.489 e. The molecule has 0 saturated carbocycles. The van der Waals surface area contributed by atoms with Crippen LogP contribution < -0.4 is 4.74 Å². The molecule has 1 heterocycles. The summed E-state index contributed by atoms with van der Waals surface area (Å²) in [5, 5.41) is 9.40. The van der Waals surface area contributed by atoms with Gasteiger partial charge in [0.1, 0.15) is 18.3 Å². The Morgan fingerprint density at radius 1 is 1.00 bits per heavy atom. The van der Waals surface area contributed by atoms with Crippen LogP contribution >= 0.6 is 0 Å². The largest absolute Gasteiger partial charge is 0.489 e. The number of rotatable bonds is 0. The molecule has 2 aromatic carbocycles. The van der Waals surface area contributed by atoms with Crippen molar-refractivity contribution in [3.63, 3.8) is 0 Å². The normalized spacial score (nSPS) is 17.0. The van der Waals surface area contributed by atoms with Crippen LogP contribution in [0.15, 0.2) is 48.5 Å². The van der Waals surface area contributed by atoms with E-state index in [4.69, 9.17) is 4.74 Å². The molecule has 1 aliphatic heterocycles. The summed E-state index contributed by atoms with van der Waals surface area (Å²) in [6.07, 6.45) is 0. The Morgan fingerprint density at radius 3 is 2.53 bits per heavy atom. The molecule has 0 aromatic heterocycles. The van der Waals surface area contributed by atoms with Crippen molar-refractivity contribution in [2.24, 2.45) is 0 Å². The molecule has 0 bridgehead atoms. The van der Waals surface area contributed by atoms with Gasteiger partial charge in [-0.15, -0.1) is 0 Å². The van der Waals surface area contributed by atoms with Crippen LogP contribution in [-0.4, -0.2) is 0 Å². The van der Waals surface area contributed by atoms with Crippen LogP contribution in [0.4, 0.5) is 0 Å². The first-order valence-corrected chi connectivity index (χ1v) is 5.59. The van der Waals surface area contributed by atoms with E-state index in [1.807, 2.05) is 48.5 Å². The Hall–Kier alpha value is -2.27. The van der Waals surface area contributed by atoms with Crippen LogP contribution in [0, 0.1) is 11.3 Å². The highest BCUT2D eigenvalue weighted by Gasteiger charge is 2.23. The van der Waals surface area contributed by atoms with Gasteiger partial charge in [0, 0.05) is 5.56 Å². The van der Waals surface area contributed by atoms with Gasteiger partial charge in [-0.25, -0.2) is 0 Å². The van der Waals surface area contributed by atoms with Crippen LogP contribution in [0.25, 0.3) is 0 Å². The van der Waals surface area contributed by atoms with Crippen molar-refractivity contribution in [2.45, 2.75) is 12.5 Å². The fraction of sp³-hybridized carbons (Fsp3) is 0.133. The minimum atomic E-state index is -0.232. The van der Waals surface area contributed by atoms with Crippen molar-refractivity contribution in [1.82, 2.24) is 0 Å². The smallest absolute Gasteiger partial charge is 0.124 e. The van der Waals surface area contributed by atoms with E-state index in [-0.39, 0.29) is 5.92 Å². The lowest BCUT2D eigenvalue weighted by Crippen LogP contribution is -1.99. The highest BCUT2D eigenvalue weighted by atomic mass is 16.5. The molecule has 82 valence electrons. The molecule has 0 amide bonds. The van der Waals surface area contributed by atoms with Gasteiger partial charge in [0.25, 0.3) is 0 Å². The Kier molecular flexibility index (Phi) is 2.31. The highest BCUT2D eigenvalue weighted by Crippen LogP contribution is 2.36. The summed E-state index contributed by atoms with van der Waals surface area (Å²) in [7, 11) is 0. The maximum Gasteiger partial charge on any atom is 0.124 e. The summed E-state index contributed by atoms with van der Waals surface area (Å²) in [5.41, 5.74) is 3.11. The van der Waals surface area contributed by atoms with Crippen molar-refractivity contribution < 1.29 is 4.74 Å². The summed E-state index contributed by atoms with van der Waals surface area (Å²) >= 11 is 0. The Morgan fingerprint density at radius 2 is 1.71 bits per heavy atom. The maximum absolute atomic E-state index is 9.40. The van der Waals surface area contributed by atoms with E-state index in [1.54, 1.807) is 0 Å². The van der Waals surface area contributed by atoms with E-state index in [0.29, 0.717) is 6.61 Å². The number of ether oxygens (including phenoxy) is 1. The lowest BCUT2D eigenvalue weighted by Gasteiger charge is -2.10. The van der Waals surface area contributed by atoms with E-state index in [0.717, 1.165) is 22.4 Å². The molecule has 17 heavy (non-hydrogen) atoms. The number of para-hydroxylation sites is 1. The molecule has 0 fully saturated rings. The van der Waals surface area contributed by atoms with Gasteiger partial charge in [-0.2, -0.15) is 5.26 Å². The maximum atomic E-state index is 9.40. The van der Waals surface area contributed by atoms with Crippen LogP contribution in [0.3, 0.4) is 0 Å². The van der Waals surface area contributed by atoms with Crippen molar-refractivity contribution >= 4 is 0 Å². The van der Waals surface area contributed by atoms with Crippen LogP contribution in [0.5, 0.6) is 5.75 Å². The van der Waals surface area contributed by atoms with Gasteiger partial charge in [-0.3, -0.25) is 0 Å². The topological polar surface area (TPSA) is 33.0 Å². The molecular weight excluding hydrogens is 210 g/mol. The molecule has 1 aliphatic rings. The zero-order valence-electron chi connectivity index (χ0n) is 9.26. The molecule has 0 radical (unpaired) electrons.